The molecule has 1 aliphatic rings. The molecule has 0 bridgehead atoms. The first-order valence-corrected chi connectivity index (χ1v) is 12.7. The number of fused-ring (bicyclic) bond motifs is 1. The van der Waals surface area contributed by atoms with Gasteiger partial charge >= 0.3 is 5.91 Å². The van der Waals surface area contributed by atoms with Crippen LogP contribution in [0.5, 0.6) is 17.2 Å². The lowest BCUT2D eigenvalue weighted by Crippen LogP contribution is -2.30. The minimum absolute atomic E-state index is 0.0877. The number of carbonyl (C=O) groups is 2. The molecule has 1 aromatic heterocycles. The Morgan fingerprint density at radius 3 is 2.64 bits per heavy atom. The summed E-state index contributed by atoms with van der Waals surface area (Å²) in [7, 11) is 0. The SMILES string of the molecule is CCOc1cc(C2/C(=C(\O)c3cccc(OC(C)C)c3)C(=O)C(=O)N2c2nc3ccc(C)cc3[nH]2)ccc1O. The second-order valence-electron chi connectivity index (χ2n) is 9.60. The van der Waals surface area contributed by atoms with Gasteiger partial charge in [-0.15, -0.1) is 0 Å². The molecule has 3 aromatic carbocycles. The monoisotopic (exact) mass is 527 g/mol. The Morgan fingerprint density at radius 1 is 1.10 bits per heavy atom. The van der Waals surface area contributed by atoms with E-state index in [4.69, 9.17) is 9.47 Å². The fourth-order valence-electron chi connectivity index (χ4n) is 4.71. The summed E-state index contributed by atoms with van der Waals surface area (Å²) < 4.78 is 11.3. The Balaban J connectivity index is 1.72. The van der Waals surface area contributed by atoms with Crippen molar-refractivity contribution in [1.82, 2.24) is 9.97 Å². The van der Waals surface area contributed by atoms with Crippen molar-refractivity contribution in [3.8, 4) is 17.2 Å². The van der Waals surface area contributed by atoms with E-state index in [-0.39, 0.29) is 34.9 Å². The molecule has 9 heteroatoms. The van der Waals surface area contributed by atoms with Gasteiger partial charge in [-0.2, -0.15) is 0 Å². The molecule has 1 fully saturated rings. The van der Waals surface area contributed by atoms with Gasteiger partial charge in [-0.25, -0.2) is 4.98 Å². The van der Waals surface area contributed by atoms with Crippen molar-refractivity contribution in [2.75, 3.05) is 11.5 Å². The number of rotatable bonds is 7. The number of Topliss-reactive ketones (excluding diaryl/α,β-unsaturated/α-hetero) is 1. The first-order chi connectivity index (χ1) is 18.7. The number of aromatic hydroxyl groups is 1. The van der Waals surface area contributed by atoms with Crippen LogP contribution >= 0.6 is 0 Å². The standard InChI is InChI=1S/C30H29N3O6/c1-5-38-24-15-18(10-12-23(24)34)26-25(27(35)19-7-6-8-20(14-19)39-16(2)3)28(36)29(37)33(26)30-31-21-11-9-17(4)13-22(21)32-30/h6-16,26,34-35H,5H2,1-4H3,(H,31,32)/b27-25+. The molecule has 1 atom stereocenters. The number of H-pyrrole nitrogens is 1. The summed E-state index contributed by atoms with van der Waals surface area (Å²) in [6.45, 7) is 7.78. The van der Waals surface area contributed by atoms with Crippen molar-refractivity contribution in [1.29, 1.82) is 0 Å². The number of phenolic OH excluding ortho intramolecular Hbond substituents is 1. The third-order valence-corrected chi connectivity index (χ3v) is 6.38. The topological polar surface area (TPSA) is 125 Å². The minimum atomic E-state index is -1.05. The van der Waals surface area contributed by atoms with Crippen molar-refractivity contribution in [2.45, 2.75) is 39.8 Å². The number of imidazole rings is 1. The molecule has 1 amide bonds. The first kappa shape index (κ1) is 25.8. The number of nitrogens with one attached hydrogen (secondary N) is 1. The molecule has 5 rings (SSSR count). The Morgan fingerprint density at radius 2 is 1.90 bits per heavy atom. The maximum absolute atomic E-state index is 13.5. The average Bonchev–Trinajstić information content (AvgIpc) is 3.42. The van der Waals surface area contributed by atoms with E-state index in [2.05, 4.69) is 9.97 Å². The molecule has 1 saturated heterocycles. The highest BCUT2D eigenvalue weighted by Gasteiger charge is 2.48. The predicted octanol–water partition coefficient (Wildman–Crippen LogP) is 5.39. The molecule has 200 valence electrons. The lowest BCUT2D eigenvalue weighted by atomic mass is 9.95. The maximum Gasteiger partial charge on any atom is 0.302 e. The molecule has 0 aliphatic carbocycles. The number of hydrogen-bond acceptors (Lipinski definition) is 7. The van der Waals surface area contributed by atoms with E-state index in [9.17, 15) is 19.8 Å². The second kappa shape index (κ2) is 10.2. The van der Waals surface area contributed by atoms with Gasteiger partial charge in [-0.3, -0.25) is 14.5 Å². The molecule has 9 nitrogen and oxygen atoms in total. The number of aliphatic hydroxyl groups excluding tert-OH is 1. The van der Waals surface area contributed by atoms with Crippen molar-refractivity contribution >= 4 is 34.4 Å². The summed E-state index contributed by atoms with van der Waals surface area (Å²) in [6, 6.07) is 15.8. The molecule has 2 heterocycles. The number of anilines is 1. The van der Waals surface area contributed by atoms with Crippen LogP contribution in [-0.2, 0) is 9.59 Å². The Hall–Kier alpha value is -4.79. The van der Waals surface area contributed by atoms with Gasteiger partial charge in [0.15, 0.2) is 11.5 Å². The molecular formula is C30H29N3O6. The molecule has 0 spiro atoms. The number of aromatic nitrogens is 2. The van der Waals surface area contributed by atoms with Crippen LogP contribution in [0.1, 0.15) is 43.5 Å². The van der Waals surface area contributed by atoms with Crippen molar-refractivity contribution in [3.05, 3.63) is 82.9 Å². The number of ketones is 1. The molecule has 3 N–H and O–H groups in total. The highest BCUT2D eigenvalue weighted by atomic mass is 16.5. The summed E-state index contributed by atoms with van der Waals surface area (Å²) >= 11 is 0. The number of hydrogen-bond donors (Lipinski definition) is 3. The van der Waals surface area contributed by atoms with Gasteiger partial charge in [0.25, 0.3) is 5.78 Å². The van der Waals surface area contributed by atoms with Crippen LogP contribution in [0.25, 0.3) is 16.8 Å². The summed E-state index contributed by atoms with van der Waals surface area (Å²) in [5, 5.41) is 21.8. The third-order valence-electron chi connectivity index (χ3n) is 6.38. The fourth-order valence-corrected chi connectivity index (χ4v) is 4.71. The first-order valence-electron chi connectivity index (χ1n) is 12.7. The van der Waals surface area contributed by atoms with Crippen LogP contribution in [0.15, 0.2) is 66.2 Å². The third kappa shape index (κ3) is 4.79. The summed E-state index contributed by atoms with van der Waals surface area (Å²) in [6.07, 6.45) is -0.0984. The normalized spacial score (nSPS) is 16.8. The highest BCUT2D eigenvalue weighted by molar-refractivity contribution is 6.51. The lowest BCUT2D eigenvalue weighted by Gasteiger charge is -2.23. The van der Waals surface area contributed by atoms with Crippen LogP contribution in [0, 0.1) is 6.92 Å². The van der Waals surface area contributed by atoms with Gasteiger partial charge in [0.2, 0.25) is 5.95 Å². The summed E-state index contributed by atoms with van der Waals surface area (Å²) in [4.78, 5) is 36.0. The Labute approximate surface area is 225 Å². The van der Waals surface area contributed by atoms with Gasteiger partial charge in [-0.05, 0) is 75.2 Å². The van der Waals surface area contributed by atoms with Gasteiger partial charge in [0, 0.05) is 5.56 Å². The zero-order valence-corrected chi connectivity index (χ0v) is 22.1. The largest absolute Gasteiger partial charge is 0.507 e. The average molecular weight is 528 g/mol. The number of aromatic amines is 1. The number of nitrogens with zero attached hydrogens (tertiary/aromatic N) is 2. The molecule has 0 saturated carbocycles. The van der Waals surface area contributed by atoms with Crippen molar-refractivity contribution < 1.29 is 29.3 Å². The van der Waals surface area contributed by atoms with E-state index in [0.29, 0.717) is 34.5 Å². The molecule has 1 unspecified atom stereocenters. The highest BCUT2D eigenvalue weighted by Crippen LogP contribution is 2.44. The number of phenols is 1. The summed E-state index contributed by atoms with van der Waals surface area (Å²) in [5.74, 6) is -1.30. The van der Waals surface area contributed by atoms with E-state index in [0.717, 1.165) is 5.56 Å². The van der Waals surface area contributed by atoms with E-state index in [1.807, 2.05) is 39.0 Å². The molecule has 4 aromatic rings. The van der Waals surface area contributed by atoms with Crippen LogP contribution in [0.2, 0.25) is 0 Å². The van der Waals surface area contributed by atoms with Crippen LogP contribution in [0.4, 0.5) is 5.95 Å². The molecular weight excluding hydrogens is 498 g/mol. The predicted molar refractivity (Wildman–Crippen MR) is 147 cm³/mol. The second-order valence-corrected chi connectivity index (χ2v) is 9.60. The van der Waals surface area contributed by atoms with Gasteiger partial charge in [-0.1, -0.05) is 24.3 Å². The van der Waals surface area contributed by atoms with E-state index < -0.39 is 17.7 Å². The van der Waals surface area contributed by atoms with Crippen molar-refractivity contribution in [3.63, 3.8) is 0 Å². The van der Waals surface area contributed by atoms with Gasteiger partial charge in [0.05, 0.1) is 35.4 Å². The fraction of sp³-hybridized carbons (Fsp3) is 0.233. The van der Waals surface area contributed by atoms with E-state index in [1.54, 1.807) is 43.3 Å². The lowest BCUT2D eigenvalue weighted by molar-refractivity contribution is -0.132. The smallest absolute Gasteiger partial charge is 0.302 e. The quantitative estimate of drug-likeness (QED) is 0.167. The van der Waals surface area contributed by atoms with E-state index >= 15 is 0 Å². The van der Waals surface area contributed by atoms with Crippen molar-refractivity contribution in [2.24, 2.45) is 0 Å². The Kier molecular flexibility index (Phi) is 6.74. The minimum Gasteiger partial charge on any atom is -0.507 e. The number of aryl methyl sites for hydroxylation is 1. The number of benzene rings is 3. The van der Waals surface area contributed by atoms with Crippen LogP contribution in [-0.4, -0.2) is 44.6 Å². The van der Waals surface area contributed by atoms with Gasteiger partial charge < -0.3 is 24.7 Å². The number of carbonyl (C=O) groups excluding carboxylic acids is 2. The zero-order valence-electron chi connectivity index (χ0n) is 22.1. The number of aliphatic hydroxyl groups is 1. The van der Waals surface area contributed by atoms with E-state index in [1.165, 1.54) is 11.0 Å². The molecule has 39 heavy (non-hydrogen) atoms. The summed E-state index contributed by atoms with van der Waals surface area (Å²) in [5.41, 5.74) is 2.97. The Bertz CT molecular complexity index is 1620. The number of amides is 1. The zero-order chi connectivity index (χ0) is 27.8. The van der Waals surface area contributed by atoms with Crippen LogP contribution < -0.4 is 14.4 Å². The van der Waals surface area contributed by atoms with Crippen LogP contribution in [0.3, 0.4) is 0 Å². The molecule has 0 radical (unpaired) electrons. The number of ether oxygens (including phenoxy) is 2. The maximum atomic E-state index is 13.5. The molecule has 1 aliphatic heterocycles. The van der Waals surface area contributed by atoms with Gasteiger partial charge in [0.1, 0.15) is 11.5 Å².